The van der Waals surface area contributed by atoms with Gasteiger partial charge in [-0.15, -0.1) is 0 Å². The van der Waals surface area contributed by atoms with Crippen LogP contribution in [0.3, 0.4) is 0 Å². The molecular weight excluding hydrogens is 284 g/mol. The Balaban J connectivity index is 2.43. The largest absolute Gasteiger partial charge is 0.479 e. The predicted molar refractivity (Wildman–Crippen MR) is 69.8 cm³/mol. The van der Waals surface area contributed by atoms with E-state index in [1.165, 1.54) is 19.1 Å². The molecule has 0 radical (unpaired) electrons. The second kappa shape index (κ2) is 8.42. The van der Waals surface area contributed by atoms with Crippen LogP contribution in [0.2, 0.25) is 0 Å². The highest BCUT2D eigenvalue weighted by Gasteiger charge is 2.27. The van der Waals surface area contributed by atoms with Crippen molar-refractivity contribution in [3.63, 3.8) is 0 Å². The van der Waals surface area contributed by atoms with E-state index in [9.17, 15) is 14.4 Å². The van der Waals surface area contributed by atoms with Crippen LogP contribution >= 0.6 is 0 Å². The summed E-state index contributed by atoms with van der Waals surface area (Å²) in [6.45, 7) is 0.783. The van der Waals surface area contributed by atoms with E-state index >= 15 is 0 Å². The quantitative estimate of drug-likeness (QED) is 0.609. The lowest BCUT2D eigenvalue weighted by atomic mass is 10.2. The number of carboxylic acids is 1. The molecule has 2 atom stereocenters. The van der Waals surface area contributed by atoms with Gasteiger partial charge in [0, 0.05) is 20.2 Å². The van der Waals surface area contributed by atoms with Gasteiger partial charge < -0.3 is 29.5 Å². The number of carbonyl (C=O) groups excluding carboxylic acids is 2. The Morgan fingerprint density at radius 3 is 2.71 bits per heavy atom. The number of urea groups is 1. The first kappa shape index (κ1) is 17.2. The van der Waals surface area contributed by atoms with Gasteiger partial charge in [-0.05, 0) is 0 Å². The highest BCUT2D eigenvalue weighted by molar-refractivity contribution is 5.77. The van der Waals surface area contributed by atoms with Crippen molar-refractivity contribution >= 4 is 18.0 Å². The Bertz CT molecular complexity index is 388. The van der Waals surface area contributed by atoms with Gasteiger partial charge in [0.25, 0.3) is 0 Å². The van der Waals surface area contributed by atoms with Crippen molar-refractivity contribution in [1.82, 2.24) is 10.2 Å². The zero-order valence-corrected chi connectivity index (χ0v) is 12.0. The third kappa shape index (κ3) is 5.56. The molecular formula is C12H20N2O7. The number of hydrogen-bond acceptors (Lipinski definition) is 6. The molecule has 120 valence electrons. The number of ether oxygens (including phenoxy) is 3. The summed E-state index contributed by atoms with van der Waals surface area (Å²) in [7, 11) is 2.54. The maximum absolute atomic E-state index is 11.9. The smallest absolute Gasteiger partial charge is 0.334 e. The number of nitrogens with one attached hydrogen (secondary N) is 1. The molecule has 1 fully saturated rings. The molecule has 2 amide bonds. The van der Waals surface area contributed by atoms with Crippen LogP contribution < -0.4 is 5.32 Å². The van der Waals surface area contributed by atoms with E-state index in [1.807, 2.05) is 0 Å². The highest BCUT2D eigenvalue weighted by atomic mass is 16.5. The summed E-state index contributed by atoms with van der Waals surface area (Å²) in [6, 6.07) is -0.420. The number of rotatable bonds is 6. The van der Waals surface area contributed by atoms with Crippen LogP contribution in [0.5, 0.6) is 0 Å². The predicted octanol–water partition coefficient (Wildman–Crippen LogP) is -0.940. The number of esters is 1. The molecule has 9 heteroatoms. The van der Waals surface area contributed by atoms with Crippen LogP contribution in [-0.2, 0) is 23.8 Å². The van der Waals surface area contributed by atoms with Gasteiger partial charge in [0.1, 0.15) is 0 Å². The van der Waals surface area contributed by atoms with Crippen molar-refractivity contribution in [2.24, 2.45) is 0 Å². The van der Waals surface area contributed by atoms with Crippen molar-refractivity contribution in [3.8, 4) is 0 Å². The van der Waals surface area contributed by atoms with Gasteiger partial charge in [0.05, 0.1) is 32.8 Å². The first-order valence-corrected chi connectivity index (χ1v) is 6.44. The van der Waals surface area contributed by atoms with E-state index in [0.29, 0.717) is 13.2 Å². The Kier molecular flexibility index (Phi) is 6.89. The molecule has 1 aliphatic rings. The summed E-state index contributed by atoms with van der Waals surface area (Å²) in [5, 5.41) is 11.3. The van der Waals surface area contributed by atoms with Crippen molar-refractivity contribution in [1.29, 1.82) is 0 Å². The van der Waals surface area contributed by atoms with Crippen LogP contribution in [0.15, 0.2) is 0 Å². The minimum Gasteiger partial charge on any atom is -0.479 e. The number of hydrogen-bond donors (Lipinski definition) is 2. The summed E-state index contributed by atoms with van der Waals surface area (Å²) in [5.41, 5.74) is 0. The van der Waals surface area contributed by atoms with Crippen molar-refractivity contribution in [3.05, 3.63) is 0 Å². The number of methoxy groups -OCH3 is 2. The molecule has 1 saturated heterocycles. The van der Waals surface area contributed by atoms with Crippen LogP contribution in [0.4, 0.5) is 4.79 Å². The zero-order valence-electron chi connectivity index (χ0n) is 12.0. The SMILES string of the molecule is COC(=O)CC1CN(C(=O)NCC(OC)C(=O)O)CCO1. The van der Waals surface area contributed by atoms with Crippen LogP contribution in [0, 0.1) is 0 Å². The first-order chi connectivity index (χ1) is 9.97. The Hall–Kier alpha value is -1.87. The Labute approximate surface area is 122 Å². The second-order valence-corrected chi connectivity index (χ2v) is 4.47. The Morgan fingerprint density at radius 1 is 1.43 bits per heavy atom. The fourth-order valence-corrected chi connectivity index (χ4v) is 1.86. The fourth-order valence-electron chi connectivity index (χ4n) is 1.86. The average molecular weight is 304 g/mol. The summed E-state index contributed by atoms with van der Waals surface area (Å²) < 4.78 is 14.6. The maximum atomic E-state index is 11.9. The van der Waals surface area contributed by atoms with E-state index in [2.05, 4.69) is 10.1 Å². The zero-order chi connectivity index (χ0) is 15.8. The van der Waals surface area contributed by atoms with Crippen LogP contribution in [-0.4, -0.2) is 80.6 Å². The van der Waals surface area contributed by atoms with Crippen LogP contribution in [0.1, 0.15) is 6.42 Å². The van der Waals surface area contributed by atoms with E-state index in [-0.39, 0.29) is 19.5 Å². The lowest BCUT2D eigenvalue weighted by Crippen LogP contribution is -2.51. The van der Waals surface area contributed by atoms with Gasteiger partial charge in [-0.3, -0.25) is 4.79 Å². The monoisotopic (exact) mass is 304 g/mol. The average Bonchev–Trinajstić information content (AvgIpc) is 2.47. The van der Waals surface area contributed by atoms with Crippen molar-refractivity contribution < 1.29 is 33.7 Å². The van der Waals surface area contributed by atoms with Crippen molar-refractivity contribution in [2.45, 2.75) is 18.6 Å². The number of carbonyl (C=O) groups is 3. The molecule has 1 rings (SSSR count). The van der Waals surface area contributed by atoms with E-state index in [0.717, 1.165) is 0 Å². The molecule has 1 heterocycles. The molecule has 0 aromatic heterocycles. The summed E-state index contributed by atoms with van der Waals surface area (Å²) in [4.78, 5) is 35.3. The molecule has 9 nitrogen and oxygen atoms in total. The molecule has 0 bridgehead atoms. The van der Waals surface area contributed by atoms with Gasteiger partial charge in [-0.2, -0.15) is 0 Å². The molecule has 0 saturated carbocycles. The van der Waals surface area contributed by atoms with E-state index in [4.69, 9.17) is 14.6 Å². The third-order valence-electron chi connectivity index (χ3n) is 3.05. The molecule has 0 aliphatic carbocycles. The van der Waals surface area contributed by atoms with Gasteiger partial charge in [0.15, 0.2) is 6.10 Å². The molecule has 2 unspecified atom stereocenters. The van der Waals surface area contributed by atoms with Gasteiger partial charge in [-0.1, -0.05) is 0 Å². The topological polar surface area (TPSA) is 114 Å². The van der Waals surface area contributed by atoms with E-state index < -0.39 is 30.2 Å². The number of carboxylic acid groups (broad SMARTS) is 1. The normalized spacial score (nSPS) is 19.7. The minimum absolute atomic E-state index is 0.0656. The molecule has 1 aliphatic heterocycles. The molecule has 0 aromatic carbocycles. The number of nitrogens with zero attached hydrogens (tertiary/aromatic N) is 1. The Morgan fingerprint density at radius 2 is 2.14 bits per heavy atom. The summed E-state index contributed by atoms with van der Waals surface area (Å²) >= 11 is 0. The van der Waals surface area contributed by atoms with E-state index in [1.54, 1.807) is 0 Å². The minimum atomic E-state index is -1.15. The second-order valence-electron chi connectivity index (χ2n) is 4.47. The number of aliphatic carboxylic acids is 1. The van der Waals surface area contributed by atoms with Gasteiger partial charge in [0.2, 0.25) is 0 Å². The van der Waals surface area contributed by atoms with Gasteiger partial charge >= 0.3 is 18.0 Å². The van der Waals surface area contributed by atoms with Crippen molar-refractivity contribution in [2.75, 3.05) is 40.5 Å². The summed E-state index contributed by atoms with van der Waals surface area (Å²) in [6.07, 6.45) is -1.45. The molecule has 2 N–H and O–H groups in total. The molecule has 0 aromatic rings. The van der Waals surface area contributed by atoms with Gasteiger partial charge in [-0.25, -0.2) is 9.59 Å². The first-order valence-electron chi connectivity index (χ1n) is 6.44. The lowest BCUT2D eigenvalue weighted by molar-refractivity contribution is -0.148. The number of amides is 2. The molecule has 21 heavy (non-hydrogen) atoms. The lowest BCUT2D eigenvalue weighted by Gasteiger charge is -2.32. The molecule has 0 spiro atoms. The number of morpholine rings is 1. The highest BCUT2D eigenvalue weighted by Crippen LogP contribution is 2.09. The fraction of sp³-hybridized carbons (Fsp3) is 0.750. The third-order valence-corrected chi connectivity index (χ3v) is 3.05. The maximum Gasteiger partial charge on any atom is 0.334 e. The standard InChI is InChI=1S/C12H20N2O7/c1-19-9(11(16)17)6-13-12(18)14-3-4-21-8(7-14)5-10(15)20-2/h8-9H,3-7H2,1-2H3,(H,13,18)(H,16,17). The van der Waals surface area contributed by atoms with Crippen LogP contribution in [0.25, 0.3) is 0 Å². The summed E-state index contributed by atoms with van der Waals surface area (Å²) in [5.74, 6) is -1.56.